The molecule has 0 aliphatic heterocycles. The first-order valence-electron chi connectivity index (χ1n) is 15.8. The van der Waals surface area contributed by atoms with Crippen molar-refractivity contribution in [1.82, 2.24) is 0 Å². The van der Waals surface area contributed by atoms with Gasteiger partial charge in [-0.3, -0.25) is 0 Å². The Bertz CT molecular complexity index is 2310. The Hall–Kier alpha value is -5.72. The van der Waals surface area contributed by atoms with E-state index in [4.69, 9.17) is 0 Å². The van der Waals surface area contributed by atoms with E-state index in [1.807, 2.05) is 0 Å². The number of hydrogen-bond acceptors (Lipinski definition) is 0. The zero-order valence-electron chi connectivity index (χ0n) is 24.7. The zero-order valence-corrected chi connectivity index (χ0v) is 24.7. The zero-order chi connectivity index (χ0) is 29.5. The van der Waals surface area contributed by atoms with Gasteiger partial charge in [-0.1, -0.05) is 158 Å². The Morgan fingerprint density at radius 3 is 1.16 bits per heavy atom. The van der Waals surface area contributed by atoms with E-state index in [9.17, 15) is 0 Å². The summed E-state index contributed by atoms with van der Waals surface area (Å²) in [7, 11) is 0. The average Bonchev–Trinajstić information content (AvgIpc) is 3.58. The Labute approximate surface area is 262 Å². The number of benzene rings is 8. The standard InChI is InChI=1S/C45H28/c1-3-15-33-29(11-1)13-9-19-35(33)31-23-25-39-40-26-24-32(36-20-10-14-30-12-2-4-16-34(30)36)28-44(40)45(43(39)27-31)41-21-7-5-17-37(41)38-18-6-8-22-42(38)45/h1-28H. The summed E-state index contributed by atoms with van der Waals surface area (Å²) in [5, 5.41) is 5.11. The summed E-state index contributed by atoms with van der Waals surface area (Å²) < 4.78 is 0. The maximum Gasteiger partial charge on any atom is 0.0725 e. The lowest BCUT2D eigenvalue weighted by Crippen LogP contribution is -2.26. The van der Waals surface area contributed by atoms with E-state index in [1.165, 1.54) is 88.3 Å². The Morgan fingerprint density at radius 2 is 0.644 bits per heavy atom. The molecule has 208 valence electrons. The van der Waals surface area contributed by atoms with Crippen molar-refractivity contribution in [3.05, 3.63) is 192 Å². The van der Waals surface area contributed by atoms with Crippen LogP contribution in [0.4, 0.5) is 0 Å². The fourth-order valence-electron chi connectivity index (χ4n) is 8.43. The molecule has 0 saturated carbocycles. The van der Waals surface area contributed by atoms with Crippen molar-refractivity contribution in [3.63, 3.8) is 0 Å². The molecule has 0 amide bonds. The Morgan fingerprint density at radius 1 is 0.267 bits per heavy atom. The van der Waals surface area contributed by atoms with Gasteiger partial charge in [-0.2, -0.15) is 0 Å². The first-order valence-corrected chi connectivity index (χ1v) is 15.8. The highest BCUT2D eigenvalue weighted by Crippen LogP contribution is 2.63. The van der Waals surface area contributed by atoms with Crippen LogP contribution < -0.4 is 0 Å². The summed E-state index contributed by atoms with van der Waals surface area (Å²) in [5.41, 5.74) is 15.5. The van der Waals surface area contributed by atoms with Crippen molar-refractivity contribution in [3.8, 4) is 44.5 Å². The second kappa shape index (κ2) is 9.14. The van der Waals surface area contributed by atoms with E-state index >= 15 is 0 Å². The molecule has 10 rings (SSSR count). The van der Waals surface area contributed by atoms with Crippen molar-refractivity contribution in [1.29, 1.82) is 0 Å². The van der Waals surface area contributed by atoms with Crippen molar-refractivity contribution in [2.45, 2.75) is 5.41 Å². The second-order valence-electron chi connectivity index (χ2n) is 12.4. The lowest BCUT2D eigenvalue weighted by atomic mass is 9.70. The SMILES string of the molecule is c1ccc2c(c1)-c1ccccc1C21c2cc(-c3cccc4ccccc34)ccc2-c2ccc(-c3cccc4ccccc34)cc21. The first-order chi connectivity index (χ1) is 22.3. The van der Waals surface area contributed by atoms with Gasteiger partial charge < -0.3 is 0 Å². The summed E-state index contributed by atoms with van der Waals surface area (Å²) in [6, 6.07) is 63.3. The van der Waals surface area contributed by atoms with E-state index in [0.717, 1.165) is 0 Å². The molecule has 1 spiro atoms. The van der Waals surface area contributed by atoms with Crippen LogP contribution in [0.5, 0.6) is 0 Å². The maximum atomic E-state index is 2.49. The molecular formula is C45H28. The van der Waals surface area contributed by atoms with Crippen molar-refractivity contribution >= 4 is 21.5 Å². The van der Waals surface area contributed by atoms with E-state index in [1.54, 1.807) is 0 Å². The normalized spacial score (nSPS) is 13.5. The molecule has 0 aromatic heterocycles. The van der Waals surface area contributed by atoms with Crippen molar-refractivity contribution in [2.75, 3.05) is 0 Å². The summed E-state index contributed by atoms with van der Waals surface area (Å²) >= 11 is 0. The lowest BCUT2D eigenvalue weighted by Gasteiger charge is -2.31. The first kappa shape index (κ1) is 24.7. The molecule has 0 N–H and O–H groups in total. The third-order valence-electron chi connectivity index (χ3n) is 10.3. The molecule has 0 unspecified atom stereocenters. The van der Waals surface area contributed by atoms with Crippen LogP contribution in [-0.4, -0.2) is 0 Å². The summed E-state index contributed by atoms with van der Waals surface area (Å²) in [6.45, 7) is 0. The van der Waals surface area contributed by atoms with Crippen LogP contribution in [0.1, 0.15) is 22.3 Å². The topological polar surface area (TPSA) is 0 Å². The molecule has 0 heteroatoms. The Balaban J connectivity index is 1.31. The quantitative estimate of drug-likeness (QED) is 0.195. The van der Waals surface area contributed by atoms with Crippen LogP contribution in [0, 0.1) is 0 Å². The molecule has 8 aromatic rings. The Kier molecular flexibility index (Phi) is 5.02. The van der Waals surface area contributed by atoms with Crippen LogP contribution in [0.3, 0.4) is 0 Å². The second-order valence-corrected chi connectivity index (χ2v) is 12.4. The highest BCUT2D eigenvalue weighted by molar-refractivity contribution is 6.02. The minimum atomic E-state index is -0.404. The van der Waals surface area contributed by atoms with E-state index in [0.29, 0.717) is 0 Å². The fourth-order valence-corrected chi connectivity index (χ4v) is 8.43. The lowest BCUT2D eigenvalue weighted by molar-refractivity contribution is 0.794. The molecule has 8 aromatic carbocycles. The van der Waals surface area contributed by atoms with E-state index < -0.39 is 5.41 Å². The molecular weight excluding hydrogens is 540 g/mol. The maximum absolute atomic E-state index is 2.49. The predicted molar refractivity (Wildman–Crippen MR) is 189 cm³/mol. The molecule has 2 aliphatic rings. The fraction of sp³-hybridized carbons (Fsp3) is 0.0222. The van der Waals surface area contributed by atoms with Crippen molar-refractivity contribution in [2.24, 2.45) is 0 Å². The van der Waals surface area contributed by atoms with Gasteiger partial charge in [-0.05, 0) is 100 Å². The highest BCUT2D eigenvalue weighted by atomic mass is 14.5. The van der Waals surface area contributed by atoms with E-state index in [-0.39, 0.29) is 0 Å². The summed E-state index contributed by atoms with van der Waals surface area (Å²) in [4.78, 5) is 0. The monoisotopic (exact) mass is 568 g/mol. The third-order valence-corrected chi connectivity index (χ3v) is 10.3. The van der Waals surface area contributed by atoms with Gasteiger partial charge in [-0.15, -0.1) is 0 Å². The van der Waals surface area contributed by atoms with Crippen LogP contribution >= 0.6 is 0 Å². The molecule has 45 heavy (non-hydrogen) atoms. The molecule has 0 radical (unpaired) electrons. The van der Waals surface area contributed by atoms with Gasteiger partial charge in [0.1, 0.15) is 0 Å². The average molecular weight is 569 g/mol. The third kappa shape index (κ3) is 3.26. The summed E-state index contributed by atoms with van der Waals surface area (Å²) in [5.74, 6) is 0. The molecule has 2 aliphatic carbocycles. The molecule has 0 heterocycles. The number of hydrogen-bond donors (Lipinski definition) is 0. The molecule has 0 bridgehead atoms. The van der Waals surface area contributed by atoms with E-state index in [2.05, 4.69) is 170 Å². The minimum Gasteiger partial charge on any atom is -0.0619 e. The van der Waals surface area contributed by atoms with Crippen molar-refractivity contribution < 1.29 is 0 Å². The molecule has 0 saturated heterocycles. The van der Waals surface area contributed by atoms with Crippen LogP contribution in [0.2, 0.25) is 0 Å². The van der Waals surface area contributed by atoms with Gasteiger partial charge in [0.05, 0.1) is 5.41 Å². The van der Waals surface area contributed by atoms with Crippen LogP contribution in [0.25, 0.3) is 66.1 Å². The number of rotatable bonds is 2. The number of fused-ring (bicyclic) bond motifs is 12. The van der Waals surface area contributed by atoms with Gasteiger partial charge in [0, 0.05) is 0 Å². The van der Waals surface area contributed by atoms with Gasteiger partial charge >= 0.3 is 0 Å². The van der Waals surface area contributed by atoms with Gasteiger partial charge in [0.2, 0.25) is 0 Å². The molecule has 0 fully saturated rings. The predicted octanol–water partition coefficient (Wildman–Crippen LogP) is 11.7. The highest BCUT2D eigenvalue weighted by Gasteiger charge is 2.51. The minimum absolute atomic E-state index is 0.404. The molecule has 0 atom stereocenters. The molecule has 0 nitrogen and oxygen atoms in total. The van der Waals surface area contributed by atoms with Crippen LogP contribution in [0.15, 0.2) is 170 Å². The largest absolute Gasteiger partial charge is 0.0725 e. The van der Waals surface area contributed by atoms with Crippen LogP contribution in [-0.2, 0) is 5.41 Å². The van der Waals surface area contributed by atoms with Gasteiger partial charge in [0.25, 0.3) is 0 Å². The van der Waals surface area contributed by atoms with Gasteiger partial charge in [0.15, 0.2) is 0 Å². The smallest absolute Gasteiger partial charge is 0.0619 e. The van der Waals surface area contributed by atoms with Gasteiger partial charge in [-0.25, -0.2) is 0 Å². The summed E-state index contributed by atoms with van der Waals surface area (Å²) in [6.07, 6.45) is 0.